The summed E-state index contributed by atoms with van der Waals surface area (Å²) in [5, 5.41) is 9.66. The van der Waals surface area contributed by atoms with Gasteiger partial charge in [0.1, 0.15) is 5.76 Å². The van der Waals surface area contributed by atoms with Crippen LogP contribution in [0.25, 0.3) is 0 Å². The summed E-state index contributed by atoms with van der Waals surface area (Å²) in [7, 11) is 0. The van der Waals surface area contributed by atoms with Gasteiger partial charge in [-0.05, 0) is 6.42 Å². The van der Waals surface area contributed by atoms with Gasteiger partial charge in [-0.15, -0.1) is 0 Å². The summed E-state index contributed by atoms with van der Waals surface area (Å²) in [6, 6.07) is 0. The fourth-order valence-electron chi connectivity index (χ4n) is 0.710. The van der Waals surface area contributed by atoms with Crippen molar-refractivity contribution in [2.45, 2.75) is 48.0 Å². The molecule has 2 nitrogen and oxygen atoms in total. The zero-order chi connectivity index (χ0) is 11.6. The summed E-state index contributed by atoms with van der Waals surface area (Å²) in [6.07, 6.45) is 2.14. The first-order valence-corrected chi connectivity index (χ1v) is 5.07. The first-order chi connectivity index (χ1) is 6.11. The molecule has 1 N–H and O–H groups in total. The Morgan fingerprint density at radius 3 is 1.93 bits per heavy atom. The van der Waals surface area contributed by atoms with Crippen molar-refractivity contribution < 1.29 is 9.90 Å². The molecule has 0 radical (unpaired) electrons. The zero-order valence-corrected chi connectivity index (χ0v) is 10.1. The fraction of sp³-hybridized carbons (Fsp3) is 0.750. The molecule has 0 aromatic carbocycles. The van der Waals surface area contributed by atoms with E-state index >= 15 is 0 Å². The number of aliphatic hydroxyl groups excluding tert-OH is 1. The van der Waals surface area contributed by atoms with Crippen LogP contribution in [0.15, 0.2) is 11.8 Å². The number of allylic oxidation sites excluding steroid dienone is 2. The van der Waals surface area contributed by atoms with Gasteiger partial charge in [-0.3, -0.25) is 4.79 Å². The molecule has 0 aromatic rings. The Balaban J connectivity index is 4.77. The van der Waals surface area contributed by atoms with Crippen LogP contribution < -0.4 is 0 Å². The molecule has 0 heterocycles. The number of hydrogen-bond acceptors (Lipinski definition) is 2. The van der Waals surface area contributed by atoms with E-state index < -0.39 is 0 Å². The number of rotatable bonds is 3. The van der Waals surface area contributed by atoms with E-state index in [1.165, 1.54) is 6.08 Å². The molecule has 0 fully saturated rings. The van der Waals surface area contributed by atoms with E-state index in [1.807, 2.05) is 41.5 Å². The van der Waals surface area contributed by atoms with Crippen LogP contribution in [0.4, 0.5) is 0 Å². The molecule has 0 amide bonds. The Hall–Kier alpha value is -0.790. The van der Waals surface area contributed by atoms with E-state index in [1.54, 1.807) is 0 Å². The lowest BCUT2D eigenvalue weighted by Gasteiger charge is -2.21. The maximum Gasteiger partial charge on any atom is 0.164 e. The lowest BCUT2D eigenvalue weighted by molar-refractivity contribution is -0.122. The first kappa shape index (κ1) is 13.2. The number of carbonyl (C=O) groups is 1. The molecule has 0 atom stereocenters. The van der Waals surface area contributed by atoms with Crippen molar-refractivity contribution in [2.75, 3.05) is 0 Å². The summed E-state index contributed by atoms with van der Waals surface area (Å²) in [4.78, 5) is 11.7. The number of hydrogen-bond donors (Lipinski definition) is 1. The van der Waals surface area contributed by atoms with Gasteiger partial charge in [-0.25, -0.2) is 0 Å². The summed E-state index contributed by atoms with van der Waals surface area (Å²) in [5.74, 6) is 0.149. The van der Waals surface area contributed by atoms with Crippen LogP contribution in [-0.4, -0.2) is 10.9 Å². The third-order valence-electron chi connectivity index (χ3n) is 2.59. The molecule has 0 aliphatic carbocycles. The van der Waals surface area contributed by atoms with Crippen molar-refractivity contribution >= 4 is 5.78 Å². The van der Waals surface area contributed by atoms with Gasteiger partial charge < -0.3 is 5.11 Å². The maximum absolute atomic E-state index is 11.7. The summed E-state index contributed by atoms with van der Waals surface area (Å²) in [5.41, 5.74) is -0.724. The highest BCUT2D eigenvalue weighted by Crippen LogP contribution is 2.26. The van der Waals surface area contributed by atoms with Crippen molar-refractivity contribution in [3.05, 3.63) is 11.8 Å². The molecule has 0 aromatic heterocycles. The summed E-state index contributed by atoms with van der Waals surface area (Å²) < 4.78 is 0. The van der Waals surface area contributed by atoms with E-state index in [-0.39, 0.29) is 22.4 Å². The minimum absolute atomic E-state index is 0.00701. The van der Waals surface area contributed by atoms with Crippen LogP contribution >= 0.6 is 0 Å². The Morgan fingerprint density at radius 1 is 1.21 bits per heavy atom. The van der Waals surface area contributed by atoms with Crippen molar-refractivity contribution in [1.82, 2.24) is 0 Å². The fourth-order valence-corrected chi connectivity index (χ4v) is 0.710. The number of aliphatic hydroxyl groups is 1. The van der Waals surface area contributed by atoms with E-state index in [4.69, 9.17) is 0 Å². The molecule has 0 spiro atoms. The van der Waals surface area contributed by atoms with Gasteiger partial charge in [0.2, 0.25) is 0 Å². The molecule has 0 rings (SSSR count). The van der Waals surface area contributed by atoms with Crippen LogP contribution in [-0.2, 0) is 4.79 Å². The summed E-state index contributed by atoms with van der Waals surface area (Å²) >= 11 is 0. The van der Waals surface area contributed by atoms with E-state index in [2.05, 4.69) is 0 Å². The summed E-state index contributed by atoms with van der Waals surface area (Å²) in [6.45, 7) is 11.4. The average molecular weight is 198 g/mol. The second kappa shape index (κ2) is 4.16. The Morgan fingerprint density at radius 2 is 1.64 bits per heavy atom. The zero-order valence-electron chi connectivity index (χ0n) is 10.1. The molecule has 0 saturated carbocycles. The smallest absolute Gasteiger partial charge is 0.164 e. The van der Waals surface area contributed by atoms with Gasteiger partial charge >= 0.3 is 0 Å². The highest BCUT2D eigenvalue weighted by molar-refractivity contribution is 5.94. The van der Waals surface area contributed by atoms with Crippen molar-refractivity contribution in [3.63, 3.8) is 0 Å². The van der Waals surface area contributed by atoms with Gasteiger partial charge in [0.05, 0.1) is 0 Å². The molecule has 14 heavy (non-hydrogen) atoms. The van der Waals surface area contributed by atoms with Crippen LogP contribution in [0.1, 0.15) is 48.0 Å². The quantitative estimate of drug-likeness (QED) is 0.557. The Bertz CT molecular complexity index is 242. The highest BCUT2D eigenvalue weighted by atomic mass is 16.3. The molecular weight excluding hydrogens is 176 g/mol. The van der Waals surface area contributed by atoms with Crippen molar-refractivity contribution in [3.8, 4) is 0 Å². The molecule has 82 valence electrons. The molecule has 0 aliphatic heterocycles. The number of ketones is 1. The van der Waals surface area contributed by atoms with Gasteiger partial charge in [-0.2, -0.15) is 0 Å². The minimum Gasteiger partial charge on any atom is -0.512 e. The predicted molar refractivity (Wildman–Crippen MR) is 59.2 cm³/mol. The van der Waals surface area contributed by atoms with Crippen LogP contribution in [0.5, 0.6) is 0 Å². The lowest BCUT2D eigenvalue weighted by atomic mass is 9.83. The normalized spacial score (nSPS) is 14.3. The third-order valence-corrected chi connectivity index (χ3v) is 2.59. The third kappa shape index (κ3) is 3.52. The Labute approximate surface area is 87.0 Å². The predicted octanol–water partition coefficient (Wildman–Crippen LogP) is 3.48. The average Bonchev–Trinajstić information content (AvgIpc) is 2.02. The second-order valence-corrected chi connectivity index (χ2v) is 5.38. The van der Waals surface area contributed by atoms with Crippen LogP contribution in [0, 0.1) is 10.8 Å². The molecule has 0 aliphatic rings. The van der Waals surface area contributed by atoms with Crippen LogP contribution in [0.2, 0.25) is 0 Å². The highest BCUT2D eigenvalue weighted by Gasteiger charge is 2.26. The largest absolute Gasteiger partial charge is 0.512 e. The van der Waals surface area contributed by atoms with E-state index in [0.29, 0.717) is 0 Å². The first-order valence-electron chi connectivity index (χ1n) is 5.07. The molecular formula is C12H22O2. The Kier molecular flexibility index (Phi) is 3.92. The van der Waals surface area contributed by atoms with Crippen LogP contribution in [0.3, 0.4) is 0 Å². The molecule has 0 unspecified atom stereocenters. The minimum atomic E-state index is -0.376. The van der Waals surface area contributed by atoms with Gasteiger partial charge in [0.15, 0.2) is 5.78 Å². The van der Waals surface area contributed by atoms with Crippen molar-refractivity contribution in [2.24, 2.45) is 10.8 Å². The number of carbonyl (C=O) groups excluding carboxylic acids is 1. The maximum atomic E-state index is 11.7. The van der Waals surface area contributed by atoms with E-state index in [0.717, 1.165) is 6.42 Å². The van der Waals surface area contributed by atoms with Gasteiger partial charge in [-0.1, -0.05) is 41.5 Å². The SMILES string of the molecule is CCC(C)(C)C(=O)/C=C(\O)C(C)(C)C. The second-order valence-electron chi connectivity index (χ2n) is 5.38. The monoisotopic (exact) mass is 198 g/mol. The van der Waals surface area contributed by atoms with E-state index in [9.17, 15) is 9.90 Å². The topological polar surface area (TPSA) is 37.3 Å². The van der Waals surface area contributed by atoms with Gasteiger partial charge in [0, 0.05) is 16.9 Å². The lowest BCUT2D eigenvalue weighted by Crippen LogP contribution is -2.23. The molecule has 0 saturated heterocycles. The van der Waals surface area contributed by atoms with Crippen molar-refractivity contribution in [1.29, 1.82) is 0 Å². The standard InChI is InChI=1S/C12H22O2/c1-7-12(5,6)10(14)8-9(13)11(2,3)4/h8,13H,7H2,1-6H3/b9-8-. The molecule has 0 bridgehead atoms. The van der Waals surface area contributed by atoms with Gasteiger partial charge in [0.25, 0.3) is 0 Å². The molecule has 2 heteroatoms.